The topological polar surface area (TPSA) is 82.5 Å². The number of fused-ring (bicyclic) bond motifs is 1. The van der Waals surface area contributed by atoms with Crippen molar-refractivity contribution in [2.24, 2.45) is 18.9 Å². The molecule has 2 aromatic rings. The largest absolute Gasteiger partial charge is 0.367 e. The molecular weight excluding hydrogens is 459 g/mol. The van der Waals surface area contributed by atoms with Gasteiger partial charge in [-0.15, -0.1) is 12.4 Å². The van der Waals surface area contributed by atoms with Gasteiger partial charge >= 0.3 is 0 Å². The van der Waals surface area contributed by atoms with E-state index >= 15 is 4.39 Å². The fourth-order valence-corrected chi connectivity index (χ4v) is 5.59. The molecule has 0 spiro atoms. The van der Waals surface area contributed by atoms with Crippen molar-refractivity contribution in [2.45, 2.75) is 32.1 Å². The van der Waals surface area contributed by atoms with Crippen molar-refractivity contribution in [3.63, 3.8) is 0 Å². The van der Waals surface area contributed by atoms with Gasteiger partial charge in [0.15, 0.2) is 0 Å². The van der Waals surface area contributed by atoms with Crippen molar-refractivity contribution in [1.29, 1.82) is 0 Å². The molecule has 3 fully saturated rings. The third-order valence-corrected chi connectivity index (χ3v) is 7.69. The normalized spacial score (nSPS) is 26.4. The van der Waals surface area contributed by atoms with Crippen LogP contribution in [0.4, 0.5) is 10.1 Å². The summed E-state index contributed by atoms with van der Waals surface area (Å²) in [5, 5.41) is 11.0. The Morgan fingerprint density at radius 3 is 2.62 bits per heavy atom. The number of anilines is 1. The number of aryl methyl sites for hydroxylation is 1. The fraction of sp³-hybridized carbons (Fsp3) is 0.625. The molecule has 1 unspecified atom stereocenters. The van der Waals surface area contributed by atoms with E-state index in [4.69, 9.17) is 0 Å². The molecule has 1 aromatic carbocycles. The molecule has 10 heteroatoms. The predicted molar refractivity (Wildman–Crippen MR) is 132 cm³/mol. The van der Waals surface area contributed by atoms with E-state index in [0.29, 0.717) is 29.1 Å². The molecule has 5 rings (SSSR count). The smallest absolute Gasteiger partial charge is 0.235 e. The van der Waals surface area contributed by atoms with Gasteiger partial charge in [0.25, 0.3) is 0 Å². The second-order valence-electron chi connectivity index (χ2n) is 9.85. The molecule has 8 nitrogen and oxygen atoms in total. The Morgan fingerprint density at radius 2 is 1.91 bits per heavy atom. The van der Waals surface area contributed by atoms with Crippen LogP contribution in [0.1, 0.15) is 37.8 Å². The summed E-state index contributed by atoms with van der Waals surface area (Å²) < 4.78 is 17.0. The van der Waals surface area contributed by atoms with Gasteiger partial charge in [-0.25, -0.2) is 4.39 Å². The lowest BCUT2D eigenvalue weighted by Gasteiger charge is -2.40. The molecule has 3 aliphatic rings. The summed E-state index contributed by atoms with van der Waals surface area (Å²) in [5.74, 6) is -0.0123. The van der Waals surface area contributed by atoms with Crippen molar-refractivity contribution in [1.82, 2.24) is 25.3 Å². The van der Waals surface area contributed by atoms with Crippen LogP contribution in [0.3, 0.4) is 0 Å². The number of amides is 2. The zero-order valence-corrected chi connectivity index (χ0v) is 20.7. The average molecular weight is 493 g/mol. The SMILES string of the molecule is C[C@@H]1CNCC[C@@H]1CN1CCN(c2cc3c(cc2F)c(C2CCC(=O)NC2=O)nn3C)CC1.Cl. The molecule has 0 bridgehead atoms. The van der Waals surface area contributed by atoms with Gasteiger partial charge in [0.1, 0.15) is 5.82 Å². The molecule has 0 radical (unpaired) electrons. The first kappa shape index (κ1) is 24.9. The second kappa shape index (κ2) is 10.2. The number of halogens is 2. The summed E-state index contributed by atoms with van der Waals surface area (Å²) in [6.45, 7) is 9.10. The Morgan fingerprint density at radius 1 is 1.15 bits per heavy atom. The zero-order chi connectivity index (χ0) is 23.1. The number of aromatic nitrogens is 2. The van der Waals surface area contributed by atoms with Gasteiger partial charge in [-0.05, 0) is 49.9 Å². The number of benzene rings is 1. The molecule has 4 heterocycles. The number of hydrogen-bond donors (Lipinski definition) is 2. The molecule has 0 aliphatic carbocycles. The molecule has 2 amide bonds. The number of carbonyl (C=O) groups excluding carboxylic acids is 2. The lowest BCUT2D eigenvalue weighted by Crippen LogP contribution is -2.50. The molecule has 3 atom stereocenters. The number of carbonyl (C=O) groups is 2. The number of hydrogen-bond acceptors (Lipinski definition) is 6. The number of piperidine rings is 2. The van der Waals surface area contributed by atoms with Crippen LogP contribution in [0.5, 0.6) is 0 Å². The standard InChI is InChI=1S/C24H33FN6O2.ClH/c1-15-13-26-6-5-16(15)14-30-7-9-31(10-8-30)21-12-20-18(11-19(21)25)23(28-29(20)2)17-3-4-22(32)27-24(17)33;/h11-12,15-17,26H,3-10,13-14H2,1-2H3,(H,27,32,33);1H/t15-,16-,17?;/m1./s1. The van der Waals surface area contributed by atoms with Gasteiger partial charge in [-0.1, -0.05) is 6.92 Å². The third kappa shape index (κ3) is 4.78. The van der Waals surface area contributed by atoms with Crippen LogP contribution < -0.4 is 15.5 Å². The van der Waals surface area contributed by atoms with Crippen molar-refractivity contribution in [2.75, 3.05) is 50.7 Å². The molecule has 3 aliphatic heterocycles. The molecule has 1 aromatic heterocycles. The zero-order valence-electron chi connectivity index (χ0n) is 19.8. The highest BCUT2D eigenvalue weighted by molar-refractivity contribution is 6.02. The summed E-state index contributed by atoms with van der Waals surface area (Å²) in [6, 6.07) is 3.37. The number of imide groups is 1. The van der Waals surface area contributed by atoms with Gasteiger partial charge in [-0.3, -0.25) is 24.5 Å². The van der Waals surface area contributed by atoms with Crippen molar-refractivity contribution >= 4 is 40.8 Å². The number of piperazine rings is 1. The first-order valence-corrected chi connectivity index (χ1v) is 12.1. The van der Waals surface area contributed by atoms with Crippen LogP contribution in [0.25, 0.3) is 10.9 Å². The van der Waals surface area contributed by atoms with Gasteiger partial charge < -0.3 is 10.2 Å². The minimum absolute atomic E-state index is 0. The Balaban J connectivity index is 0.00000274. The maximum Gasteiger partial charge on any atom is 0.235 e. The van der Waals surface area contributed by atoms with Crippen molar-refractivity contribution < 1.29 is 14.0 Å². The van der Waals surface area contributed by atoms with Gasteiger partial charge in [-0.2, -0.15) is 5.10 Å². The Kier molecular flexibility index (Phi) is 7.45. The van der Waals surface area contributed by atoms with Crippen LogP contribution in [-0.2, 0) is 16.6 Å². The minimum Gasteiger partial charge on any atom is -0.367 e. The second-order valence-corrected chi connectivity index (χ2v) is 9.85. The maximum absolute atomic E-state index is 15.3. The van der Waals surface area contributed by atoms with Crippen LogP contribution in [0.2, 0.25) is 0 Å². The van der Waals surface area contributed by atoms with E-state index in [1.165, 1.54) is 12.5 Å². The van der Waals surface area contributed by atoms with Gasteiger partial charge in [0.2, 0.25) is 11.8 Å². The predicted octanol–water partition coefficient (Wildman–Crippen LogP) is 2.02. The van der Waals surface area contributed by atoms with E-state index in [0.717, 1.165) is 57.2 Å². The first-order valence-electron chi connectivity index (χ1n) is 12.1. The summed E-state index contributed by atoms with van der Waals surface area (Å²) in [4.78, 5) is 28.5. The van der Waals surface area contributed by atoms with Crippen LogP contribution >= 0.6 is 12.4 Å². The number of rotatable bonds is 4. The fourth-order valence-electron chi connectivity index (χ4n) is 5.59. The summed E-state index contributed by atoms with van der Waals surface area (Å²) in [7, 11) is 1.82. The van der Waals surface area contributed by atoms with E-state index in [1.54, 1.807) is 4.68 Å². The quantitative estimate of drug-likeness (QED) is 0.635. The molecule has 3 saturated heterocycles. The van der Waals surface area contributed by atoms with Gasteiger partial charge in [0, 0.05) is 51.6 Å². The molecule has 186 valence electrons. The lowest BCUT2D eigenvalue weighted by atomic mass is 9.87. The number of nitrogens with one attached hydrogen (secondary N) is 2. The maximum atomic E-state index is 15.3. The van der Waals surface area contributed by atoms with E-state index < -0.39 is 5.92 Å². The van der Waals surface area contributed by atoms with E-state index in [1.807, 2.05) is 13.1 Å². The monoisotopic (exact) mass is 492 g/mol. The molecular formula is C24H34ClFN6O2. The minimum atomic E-state index is -0.530. The highest BCUT2D eigenvalue weighted by atomic mass is 35.5. The Bertz CT molecular complexity index is 1070. The highest BCUT2D eigenvalue weighted by Crippen LogP contribution is 2.34. The summed E-state index contributed by atoms with van der Waals surface area (Å²) in [6.07, 6.45) is 1.90. The summed E-state index contributed by atoms with van der Waals surface area (Å²) in [5.41, 5.74) is 1.94. The first-order chi connectivity index (χ1) is 15.9. The third-order valence-electron chi connectivity index (χ3n) is 7.69. The van der Waals surface area contributed by atoms with E-state index in [-0.39, 0.29) is 36.5 Å². The molecule has 34 heavy (non-hydrogen) atoms. The Hall–Kier alpha value is -2.23. The van der Waals surface area contributed by atoms with Crippen LogP contribution in [0.15, 0.2) is 12.1 Å². The van der Waals surface area contributed by atoms with E-state index in [2.05, 4.69) is 32.5 Å². The summed E-state index contributed by atoms with van der Waals surface area (Å²) >= 11 is 0. The van der Waals surface area contributed by atoms with Crippen LogP contribution in [-0.4, -0.2) is 72.3 Å². The number of nitrogens with zero attached hydrogens (tertiary/aromatic N) is 4. The van der Waals surface area contributed by atoms with Crippen molar-refractivity contribution in [3.8, 4) is 0 Å². The van der Waals surface area contributed by atoms with Crippen molar-refractivity contribution in [3.05, 3.63) is 23.6 Å². The molecule has 2 N–H and O–H groups in total. The molecule has 0 saturated carbocycles. The highest BCUT2D eigenvalue weighted by Gasteiger charge is 2.32. The van der Waals surface area contributed by atoms with Crippen LogP contribution in [0, 0.1) is 17.7 Å². The van der Waals surface area contributed by atoms with Gasteiger partial charge in [0.05, 0.1) is 22.8 Å². The van der Waals surface area contributed by atoms with E-state index in [9.17, 15) is 9.59 Å². The average Bonchev–Trinajstić information content (AvgIpc) is 3.10. The lowest BCUT2D eigenvalue weighted by molar-refractivity contribution is -0.134. The Labute approximate surface area is 205 Å².